The SMILES string of the molecule is Cc1nc(-c2c(P(c3ccccc3)c3ccccc3)ccc3ccccc23)c2ccccc2n1.O=S(=O)([O-])C(F)(F)F.[CH]1[CH]CC[CH][CH]CC1.[Rh]. The minimum atomic E-state index is -6.09. The van der Waals surface area contributed by atoms with Gasteiger partial charge in [-0.25, -0.2) is 18.4 Å². The van der Waals surface area contributed by atoms with Crippen LogP contribution in [-0.4, -0.2) is 28.4 Å². The molecule has 5 nitrogen and oxygen atoms in total. The van der Waals surface area contributed by atoms with Crippen molar-refractivity contribution in [3.63, 3.8) is 0 Å². The van der Waals surface area contributed by atoms with Crippen molar-refractivity contribution in [3.05, 3.63) is 153 Å². The van der Waals surface area contributed by atoms with Crippen LogP contribution in [0.5, 0.6) is 0 Å². The van der Waals surface area contributed by atoms with Gasteiger partial charge in [0, 0.05) is 30.4 Å². The van der Waals surface area contributed by atoms with Gasteiger partial charge in [0.2, 0.25) is 0 Å². The topological polar surface area (TPSA) is 83.0 Å². The number of aromatic nitrogens is 2. The minimum absolute atomic E-state index is 0. The van der Waals surface area contributed by atoms with Gasteiger partial charge in [-0.15, -0.1) is 0 Å². The molecule has 0 bridgehead atoms. The van der Waals surface area contributed by atoms with Gasteiger partial charge in [-0.1, -0.05) is 115 Å². The zero-order valence-electron chi connectivity index (χ0n) is 27.6. The first kappa shape index (κ1) is 40.2. The second-order valence-corrected chi connectivity index (χ2v) is 14.9. The van der Waals surface area contributed by atoms with Crippen LogP contribution in [0.15, 0.2) is 121 Å². The van der Waals surface area contributed by atoms with Crippen LogP contribution < -0.4 is 15.9 Å². The Morgan fingerprint density at radius 2 is 1.08 bits per heavy atom. The van der Waals surface area contributed by atoms with E-state index in [1.54, 1.807) is 0 Å². The molecule has 0 spiro atoms. The number of aryl methyl sites for hydroxylation is 1. The molecule has 1 heterocycles. The number of para-hydroxylation sites is 1. The van der Waals surface area contributed by atoms with Crippen LogP contribution in [0.25, 0.3) is 32.9 Å². The van der Waals surface area contributed by atoms with Gasteiger partial charge in [-0.3, -0.25) is 0 Å². The van der Waals surface area contributed by atoms with E-state index in [-0.39, 0.29) is 19.5 Å². The molecule has 7 rings (SSSR count). The molecule has 51 heavy (non-hydrogen) atoms. The van der Waals surface area contributed by atoms with E-state index in [0.717, 1.165) is 22.4 Å². The standard InChI is InChI=1S/C31H23N2P.C8H12.CHF3O3S.Rh/c1-22-32-28-19-11-10-18-27(28)31(33-22)30-26-17-9-8-12-23(26)20-21-29(30)34(24-13-4-2-5-14-24)25-15-6-3-7-16-25;1-2-4-6-8-7-5-3-1;2-1(3,4)8(5,6)7;/h2-21H,1H3;1-2,7-8H,3-6H2;(H,5,6,7);/p-1. The number of hydrogen-bond acceptors (Lipinski definition) is 5. The van der Waals surface area contributed by atoms with Gasteiger partial charge in [-0.05, 0) is 99.0 Å². The summed E-state index contributed by atoms with van der Waals surface area (Å²) in [5, 5.41) is 7.50. The third-order valence-corrected chi connectivity index (χ3v) is 10.8. The van der Waals surface area contributed by atoms with Crippen LogP contribution in [0.4, 0.5) is 13.2 Å². The summed E-state index contributed by atoms with van der Waals surface area (Å²) in [5.41, 5.74) is -2.45. The maximum atomic E-state index is 10.7. The van der Waals surface area contributed by atoms with E-state index in [2.05, 4.69) is 141 Å². The molecule has 1 aliphatic carbocycles. The quantitative estimate of drug-likeness (QED) is 0.0769. The second-order valence-electron chi connectivity index (χ2n) is 11.3. The fourth-order valence-electron chi connectivity index (χ4n) is 5.52. The number of hydrogen-bond donors (Lipinski definition) is 0. The Morgan fingerprint density at radius 3 is 1.59 bits per heavy atom. The average molecular weight is 815 g/mol. The Morgan fingerprint density at radius 1 is 0.627 bits per heavy atom. The summed E-state index contributed by atoms with van der Waals surface area (Å²) in [6.45, 7) is 1.98. The molecule has 0 unspecified atom stereocenters. The molecule has 0 atom stereocenters. The van der Waals surface area contributed by atoms with E-state index in [1.165, 1.54) is 57.9 Å². The summed E-state index contributed by atoms with van der Waals surface area (Å²) >= 11 is 0. The summed E-state index contributed by atoms with van der Waals surface area (Å²) in [6.07, 6.45) is 14.0. The largest absolute Gasteiger partial charge is 0.741 e. The van der Waals surface area contributed by atoms with E-state index in [1.807, 2.05) is 13.0 Å². The minimum Gasteiger partial charge on any atom is -0.741 e. The van der Waals surface area contributed by atoms with Crippen molar-refractivity contribution in [2.75, 3.05) is 0 Å². The van der Waals surface area contributed by atoms with Crippen molar-refractivity contribution in [2.24, 2.45) is 0 Å². The van der Waals surface area contributed by atoms with E-state index in [0.29, 0.717) is 0 Å². The normalized spacial score (nSPS) is 13.5. The Labute approximate surface area is 312 Å². The molecule has 5 radical (unpaired) electrons. The van der Waals surface area contributed by atoms with Crippen LogP contribution in [0.1, 0.15) is 31.5 Å². The first-order chi connectivity index (χ1) is 24.0. The van der Waals surface area contributed by atoms with Crippen LogP contribution in [0.3, 0.4) is 0 Å². The van der Waals surface area contributed by atoms with Gasteiger partial charge in [0.05, 0.1) is 11.2 Å². The average Bonchev–Trinajstić information content (AvgIpc) is 3.08. The molecule has 0 amide bonds. The first-order valence-electron chi connectivity index (χ1n) is 16.0. The smallest absolute Gasteiger partial charge is 0.485 e. The van der Waals surface area contributed by atoms with Gasteiger partial charge in [0.1, 0.15) is 5.82 Å². The fourth-order valence-corrected chi connectivity index (χ4v) is 7.98. The zero-order chi connectivity index (χ0) is 35.6. The van der Waals surface area contributed by atoms with Crippen molar-refractivity contribution >= 4 is 55.6 Å². The Bertz CT molecular complexity index is 2060. The Hall–Kier alpha value is -3.55. The second kappa shape index (κ2) is 18.8. The number of fused-ring (bicyclic) bond motifs is 2. The van der Waals surface area contributed by atoms with Gasteiger partial charge in [-0.2, -0.15) is 13.2 Å². The number of rotatable bonds is 4. The number of benzene rings is 5. The van der Waals surface area contributed by atoms with Crippen molar-refractivity contribution in [3.8, 4) is 11.3 Å². The van der Waals surface area contributed by atoms with Gasteiger partial charge in [0.25, 0.3) is 0 Å². The summed E-state index contributed by atoms with van der Waals surface area (Å²) < 4.78 is 58.9. The molecule has 1 aromatic heterocycles. The molecule has 5 aromatic carbocycles. The molecule has 0 saturated heterocycles. The molecular formula is C40H35F3N2O3PRhS-. The molecule has 0 aliphatic heterocycles. The zero-order valence-corrected chi connectivity index (χ0v) is 31.0. The number of nitrogens with zero attached hydrogens (tertiary/aromatic N) is 2. The molecule has 11 heteroatoms. The monoisotopic (exact) mass is 814 g/mol. The third-order valence-electron chi connectivity index (χ3n) is 7.75. The molecule has 1 aliphatic rings. The van der Waals surface area contributed by atoms with Crippen LogP contribution in [-0.2, 0) is 29.6 Å². The van der Waals surface area contributed by atoms with Crippen molar-refractivity contribution in [2.45, 2.75) is 38.1 Å². The van der Waals surface area contributed by atoms with Crippen molar-refractivity contribution < 1.29 is 45.6 Å². The molecule has 6 aromatic rings. The predicted molar refractivity (Wildman–Crippen MR) is 197 cm³/mol. The van der Waals surface area contributed by atoms with Crippen LogP contribution >= 0.6 is 7.92 Å². The molecule has 265 valence electrons. The van der Waals surface area contributed by atoms with Crippen LogP contribution in [0.2, 0.25) is 0 Å². The first-order valence-corrected chi connectivity index (χ1v) is 18.8. The van der Waals surface area contributed by atoms with E-state index >= 15 is 0 Å². The summed E-state index contributed by atoms with van der Waals surface area (Å²) in [5.74, 6) is 0.788. The predicted octanol–water partition coefficient (Wildman–Crippen LogP) is 8.94. The Balaban J connectivity index is 0.000000285. The van der Waals surface area contributed by atoms with Gasteiger partial charge in [0.15, 0.2) is 10.1 Å². The number of halogens is 3. The van der Waals surface area contributed by atoms with Crippen LogP contribution in [0, 0.1) is 32.6 Å². The third kappa shape index (κ3) is 10.7. The maximum absolute atomic E-state index is 10.7. The van der Waals surface area contributed by atoms with Crippen molar-refractivity contribution in [1.29, 1.82) is 0 Å². The summed E-state index contributed by atoms with van der Waals surface area (Å²) in [7, 11) is -6.88. The number of alkyl halides is 3. The van der Waals surface area contributed by atoms with E-state index < -0.39 is 23.5 Å². The Kier molecular flexibility index (Phi) is 14.8. The van der Waals surface area contributed by atoms with Crippen molar-refractivity contribution in [1.82, 2.24) is 9.97 Å². The summed E-state index contributed by atoms with van der Waals surface area (Å²) in [4.78, 5) is 9.78. The molecular weight excluding hydrogens is 779 g/mol. The fraction of sp³-hybridized carbons (Fsp3) is 0.150. The summed E-state index contributed by atoms with van der Waals surface area (Å²) in [6, 6.07) is 43.3. The molecule has 1 fully saturated rings. The van der Waals surface area contributed by atoms with Gasteiger partial charge < -0.3 is 4.55 Å². The molecule has 1 saturated carbocycles. The molecule has 0 N–H and O–H groups in total. The van der Waals surface area contributed by atoms with E-state index in [4.69, 9.17) is 22.9 Å². The van der Waals surface area contributed by atoms with Gasteiger partial charge >= 0.3 is 5.51 Å². The maximum Gasteiger partial charge on any atom is 0.485 e. The van der Waals surface area contributed by atoms with E-state index in [9.17, 15) is 13.2 Å².